The maximum atomic E-state index is 12.7. The molecule has 0 bridgehead atoms. The molecule has 2 unspecified atom stereocenters. The van der Waals surface area contributed by atoms with Crippen LogP contribution in [0.3, 0.4) is 0 Å². The highest BCUT2D eigenvalue weighted by Crippen LogP contribution is 2.28. The second kappa shape index (κ2) is 6.87. The largest absolute Gasteiger partial charge is 0.451 e. The second-order valence-corrected chi connectivity index (χ2v) is 5.98. The van der Waals surface area contributed by atoms with Crippen LogP contribution in [0.25, 0.3) is 0 Å². The minimum absolute atomic E-state index is 0.0561. The summed E-state index contributed by atoms with van der Waals surface area (Å²) in [6.07, 6.45) is -3.07. The zero-order chi connectivity index (χ0) is 15.3. The van der Waals surface area contributed by atoms with E-state index in [1.165, 1.54) is 12.3 Å². The van der Waals surface area contributed by atoms with E-state index >= 15 is 0 Å². The van der Waals surface area contributed by atoms with Crippen LogP contribution in [0.2, 0.25) is 0 Å². The third-order valence-electron chi connectivity index (χ3n) is 2.47. The fraction of sp³-hybridized carbons (Fsp3) is 0.636. The van der Waals surface area contributed by atoms with Gasteiger partial charge in [0.05, 0.1) is 0 Å². The zero-order valence-corrected chi connectivity index (χ0v) is 12.2. The minimum atomic E-state index is -4.61. The molecule has 0 radical (unpaired) electrons. The Bertz CT molecular complexity index is 481. The minimum Gasteiger partial charge on any atom is -0.370 e. The lowest BCUT2D eigenvalue weighted by Crippen LogP contribution is -2.22. The van der Waals surface area contributed by atoms with Gasteiger partial charge < -0.3 is 10.6 Å². The van der Waals surface area contributed by atoms with E-state index in [9.17, 15) is 17.4 Å². The van der Waals surface area contributed by atoms with Gasteiger partial charge in [-0.15, -0.1) is 0 Å². The highest BCUT2D eigenvalue weighted by Gasteiger charge is 2.35. The SMILES string of the molecule is CCNc1cc(NCC(C)S(C)=O)nc(C(F)(F)F)n1. The predicted octanol–water partition coefficient (Wildman–Crippen LogP) is 2.11. The first kappa shape index (κ1) is 16.7. The summed E-state index contributed by atoms with van der Waals surface area (Å²) in [6, 6.07) is 1.39. The summed E-state index contributed by atoms with van der Waals surface area (Å²) in [5.74, 6) is -1.05. The van der Waals surface area contributed by atoms with E-state index in [0.29, 0.717) is 6.54 Å². The molecule has 0 aliphatic heterocycles. The van der Waals surface area contributed by atoms with E-state index < -0.39 is 22.8 Å². The van der Waals surface area contributed by atoms with E-state index in [-0.39, 0.29) is 23.4 Å². The van der Waals surface area contributed by atoms with Gasteiger partial charge in [-0.25, -0.2) is 9.97 Å². The number of hydrogen-bond acceptors (Lipinski definition) is 5. The molecule has 2 N–H and O–H groups in total. The average molecular weight is 310 g/mol. The van der Waals surface area contributed by atoms with Crippen molar-refractivity contribution in [1.29, 1.82) is 0 Å². The summed E-state index contributed by atoms with van der Waals surface area (Å²) in [6.45, 7) is 4.21. The molecule has 2 atom stereocenters. The lowest BCUT2D eigenvalue weighted by Gasteiger charge is -2.14. The first-order valence-electron chi connectivity index (χ1n) is 6.00. The molecule has 20 heavy (non-hydrogen) atoms. The van der Waals surface area contributed by atoms with Crippen molar-refractivity contribution in [2.75, 3.05) is 30.0 Å². The molecule has 0 fully saturated rings. The number of aromatic nitrogens is 2. The van der Waals surface area contributed by atoms with Gasteiger partial charge in [0.1, 0.15) is 11.6 Å². The third kappa shape index (κ3) is 4.95. The molecule has 0 aliphatic rings. The van der Waals surface area contributed by atoms with Crippen molar-refractivity contribution in [3.8, 4) is 0 Å². The van der Waals surface area contributed by atoms with Gasteiger partial charge in [-0.2, -0.15) is 13.2 Å². The highest BCUT2D eigenvalue weighted by molar-refractivity contribution is 7.84. The first-order valence-corrected chi connectivity index (χ1v) is 7.62. The number of nitrogens with zero attached hydrogens (tertiary/aromatic N) is 2. The Morgan fingerprint density at radius 1 is 1.30 bits per heavy atom. The Labute approximate surface area is 117 Å². The molecule has 1 rings (SSSR count). The third-order valence-corrected chi connectivity index (χ3v) is 3.77. The van der Waals surface area contributed by atoms with E-state index in [0.717, 1.165) is 0 Å². The fourth-order valence-corrected chi connectivity index (χ4v) is 1.62. The van der Waals surface area contributed by atoms with Crippen molar-refractivity contribution < 1.29 is 17.4 Å². The molecular weight excluding hydrogens is 293 g/mol. The van der Waals surface area contributed by atoms with Crippen molar-refractivity contribution in [2.45, 2.75) is 25.3 Å². The number of hydrogen-bond donors (Lipinski definition) is 2. The Hall–Kier alpha value is -1.38. The van der Waals surface area contributed by atoms with Gasteiger partial charge in [0.25, 0.3) is 0 Å². The van der Waals surface area contributed by atoms with Crippen LogP contribution in [0.1, 0.15) is 19.7 Å². The first-order chi connectivity index (χ1) is 9.24. The van der Waals surface area contributed by atoms with Crippen molar-refractivity contribution in [3.05, 3.63) is 11.9 Å². The van der Waals surface area contributed by atoms with Gasteiger partial charge in [0, 0.05) is 41.5 Å². The van der Waals surface area contributed by atoms with Crippen LogP contribution in [0, 0.1) is 0 Å². The van der Waals surface area contributed by atoms with Gasteiger partial charge in [-0.3, -0.25) is 4.21 Å². The summed E-state index contributed by atoms with van der Waals surface area (Å²) in [7, 11) is -1.06. The molecular formula is C11H17F3N4OS. The molecule has 0 aliphatic carbocycles. The van der Waals surface area contributed by atoms with Crippen LogP contribution in [-0.4, -0.2) is 38.8 Å². The van der Waals surface area contributed by atoms with Crippen LogP contribution in [0.4, 0.5) is 24.8 Å². The van der Waals surface area contributed by atoms with E-state index in [1.54, 1.807) is 13.8 Å². The maximum Gasteiger partial charge on any atom is 0.451 e. The molecule has 0 saturated heterocycles. The zero-order valence-electron chi connectivity index (χ0n) is 11.4. The van der Waals surface area contributed by atoms with Crippen LogP contribution in [0.15, 0.2) is 6.07 Å². The van der Waals surface area contributed by atoms with E-state index in [2.05, 4.69) is 20.6 Å². The Balaban J connectivity index is 2.94. The number of nitrogens with one attached hydrogen (secondary N) is 2. The molecule has 9 heteroatoms. The predicted molar refractivity (Wildman–Crippen MR) is 73.2 cm³/mol. The monoisotopic (exact) mass is 310 g/mol. The topological polar surface area (TPSA) is 66.9 Å². The van der Waals surface area contributed by atoms with E-state index in [1.807, 2.05) is 0 Å². The Morgan fingerprint density at radius 3 is 2.30 bits per heavy atom. The fourth-order valence-electron chi connectivity index (χ4n) is 1.30. The quantitative estimate of drug-likeness (QED) is 0.842. The van der Waals surface area contributed by atoms with E-state index in [4.69, 9.17) is 0 Å². The van der Waals surface area contributed by atoms with Gasteiger partial charge in [0.15, 0.2) is 0 Å². The summed E-state index contributed by atoms with van der Waals surface area (Å²) < 4.78 is 49.3. The van der Waals surface area contributed by atoms with Crippen molar-refractivity contribution in [1.82, 2.24) is 9.97 Å². The summed E-state index contributed by atoms with van der Waals surface area (Å²) in [5.41, 5.74) is 0. The normalized spacial score (nSPS) is 14.7. The molecule has 1 aromatic heterocycles. The number of alkyl halides is 3. The average Bonchev–Trinajstić information content (AvgIpc) is 2.35. The van der Waals surface area contributed by atoms with Crippen LogP contribution < -0.4 is 10.6 Å². The standard InChI is InChI=1S/C11H17F3N4OS/c1-4-15-8-5-9(16-6-7(2)20(3)19)18-10(17-8)11(12,13)14/h5,7H,4,6H2,1-3H3,(H2,15,16,17,18). The van der Waals surface area contributed by atoms with Crippen LogP contribution >= 0.6 is 0 Å². The lowest BCUT2D eigenvalue weighted by atomic mass is 10.4. The lowest BCUT2D eigenvalue weighted by molar-refractivity contribution is -0.144. The smallest absolute Gasteiger partial charge is 0.370 e. The Morgan fingerprint density at radius 2 is 1.85 bits per heavy atom. The van der Waals surface area contributed by atoms with Crippen LogP contribution in [-0.2, 0) is 17.0 Å². The van der Waals surface area contributed by atoms with Crippen molar-refractivity contribution in [2.24, 2.45) is 0 Å². The molecule has 0 spiro atoms. The molecule has 1 heterocycles. The van der Waals surface area contributed by atoms with Crippen molar-refractivity contribution in [3.63, 3.8) is 0 Å². The molecule has 114 valence electrons. The number of rotatable bonds is 6. The molecule has 5 nitrogen and oxygen atoms in total. The van der Waals surface area contributed by atoms with Gasteiger partial charge in [0.2, 0.25) is 5.82 Å². The van der Waals surface area contributed by atoms with Gasteiger partial charge in [-0.1, -0.05) is 0 Å². The molecule has 0 amide bonds. The maximum absolute atomic E-state index is 12.7. The summed E-state index contributed by atoms with van der Waals surface area (Å²) in [4.78, 5) is 6.84. The van der Waals surface area contributed by atoms with Gasteiger partial charge in [-0.05, 0) is 13.8 Å². The molecule has 0 saturated carbocycles. The number of halogens is 3. The second-order valence-electron chi connectivity index (χ2n) is 4.18. The number of anilines is 2. The highest BCUT2D eigenvalue weighted by atomic mass is 32.2. The molecule has 1 aromatic rings. The van der Waals surface area contributed by atoms with Crippen molar-refractivity contribution >= 4 is 22.4 Å². The Kier molecular flexibility index (Phi) is 5.73. The summed E-state index contributed by atoms with van der Waals surface area (Å²) in [5, 5.41) is 5.28. The van der Waals surface area contributed by atoms with Gasteiger partial charge >= 0.3 is 6.18 Å². The molecule has 0 aromatic carbocycles. The summed E-state index contributed by atoms with van der Waals surface area (Å²) >= 11 is 0. The van der Waals surface area contributed by atoms with Crippen LogP contribution in [0.5, 0.6) is 0 Å².